The highest BCUT2D eigenvalue weighted by atomic mass is 35.5. The molecular weight excluding hydrogens is 335 g/mol. The molecule has 0 bridgehead atoms. The molecule has 5 nitrogen and oxygen atoms in total. The van der Waals surface area contributed by atoms with Gasteiger partial charge in [0.2, 0.25) is 10.0 Å². The molecule has 0 radical (unpaired) electrons. The van der Waals surface area contributed by atoms with Gasteiger partial charge in [-0.3, -0.25) is 0 Å². The molecule has 8 heteroatoms. The molecule has 0 unspecified atom stereocenters. The second-order valence-electron chi connectivity index (χ2n) is 4.99. The normalized spacial score (nSPS) is 16.5. The number of rotatable bonds is 3. The zero-order valence-electron chi connectivity index (χ0n) is 11.2. The fourth-order valence-electron chi connectivity index (χ4n) is 2.32. The highest BCUT2D eigenvalue weighted by Gasteiger charge is 2.28. The maximum Gasteiger partial charge on any atom is 0.332 e. The summed E-state index contributed by atoms with van der Waals surface area (Å²) in [5.74, 6) is 0. The van der Waals surface area contributed by atoms with Gasteiger partial charge in [0.25, 0.3) is 0 Å². The number of carbonyl (C=O) groups is 1. The van der Waals surface area contributed by atoms with E-state index in [4.69, 9.17) is 23.2 Å². The molecule has 2 amide bonds. The fourth-order valence-corrected chi connectivity index (χ4v) is 4.05. The quantitative estimate of drug-likeness (QED) is 0.870. The van der Waals surface area contributed by atoms with Crippen LogP contribution in [0.25, 0.3) is 0 Å². The molecular formula is C13H16Cl2N2O3S. The summed E-state index contributed by atoms with van der Waals surface area (Å²) < 4.78 is 26.2. The molecule has 1 aromatic rings. The molecule has 1 fully saturated rings. The number of amides is 2. The van der Waals surface area contributed by atoms with E-state index in [-0.39, 0.29) is 5.02 Å². The number of hydrogen-bond acceptors (Lipinski definition) is 3. The van der Waals surface area contributed by atoms with Gasteiger partial charge in [0.15, 0.2) is 0 Å². The van der Waals surface area contributed by atoms with Crippen molar-refractivity contribution in [3.05, 3.63) is 28.2 Å². The molecule has 2 rings (SSSR count). The van der Waals surface area contributed by atoms with Gasteiger partial charge in [-0.1, -0.05) is 42.5 Å². The van der Waals surface area contributed by atoms with E-state index in [1.807, 2.05) is 0 Å². The van der Waals surface area contributed by atoms with Gasteiger partial charge in [-0.2, -0.15) is 0 Å². The summed E-state index contributed by atoms with van der Waals surface area (Å²) in [7, 11) is -3.64. The molecule has 0 aliphatic heterocycles. The number of anilines is 1. The molecule has 1 aromatic carbocycles. The predicted octanol–water partition coefficient (Wildman–Crippen LogP) is 3.78. The zero-order chi connectivity index (χ0) is 15.5. The van der Waals surface area contributed by atoms with Crippen molar-refractivity contribution in [2.24, 2.45) is 0 Å². The van der Waals surface area contributed by atoms with E-state index in [1.54, 1.807) is 6.07 Å². The molecule has 0 atom stereocenters. The van der Waals surface area contributed by atoms with Gasteiger partial charge in [0.1, 0.15) is 0 Å². The summed E-state index contributed by atoms with van der Waals surface area (Å²) in [5.41, 5.74) is 0.376. The number of urea groups is 1. The topological polar surface area (TPSA) is 75.3 Å². The van der Waals surface area contributed by atoms with E-state index in [9.17, 15) is 13.2 Å². The summed E-state index contributed by atoms with van der Waals surface area (Å²) in [6, 6.07) is 3.73. The van der Waals surface area contributed by atoms with E-state index in [0.717, 1.165) is 19.3 Å². The first-order valence-electron chi connectivity index (χ1n) is 6.66. The monoisotopic (exact) mass is 350 g/mol. The van der Waals surface area contributed by atoms with E-state index >= 15 is 0 Å². The van der Waals surface area contributed by atoms with Crippen molar-refractivity contribution in [1.82, 2.24) is 4.72 Å². The van der Waals surface area contributed by atoms with Crippen LogP contribution in [0.5, 0.6) is 0 Å². The van der Waals surface area contributed by atoms with Crippen LogP contribution in [-0.2, 0) is 10.0 Å². The Morgan fingerprint density at radius 3 is 2.38 bits per heavy atom. The number of halogens is 2. The lowest BCUT2D eigenvalue weighted by molar-refractivity contribution is 0.256. The van der Waals surface area contributed by atoms with Crippen LogP contribution in [0, 0.1) is 0 Å². The maximum atomic E-state index is 12.1. The van der Waals surface area contributed by atoms with Crippen LogP contribution in [0.4, 0.5) is 10.5 Å². The minimum atomic E-state index is -3.64. The van der Waals surface area contributed by atoms with E-state index in [0.29, 0.717) is 23.6 Å². The number of carbonyl (C=O) groups excluding carboxylic acids is 1. The van der Waals surface area contributed by atoms with Crippen molar-refractivity contribution in [2.45, 2.75) is 37.4 Å². The van der Waals surface area contributed by atoms with Gasteiger partial charge in [0, 0.05) is 5.69 Å². The molecule has 21 heavy (non-hydrogen) atoms. The van der Waals surface area contributed by atoms with Crippen LogP contribution in [0.1, 0.15) is 32.1 Å². The van der Waals surface area contributed by atoms with Crippen molar-refractivity contribution in [3.8, 4) is 0 Å². The van der Waals surface area contributed by atoms with Crippen LogP contribution >= 0.6 is 23.2 Å². The highest BCUT2D eigenvalue weighted by Crippen LogP contribution is 2.25. The Labute approximate surface area is 134 Å². The Balaban J connectivity index is 1.98. The Kier molecular flexibility index (Phi) is 5.35. The van der Waals surface area contributed by atoms with Crippen LogP contribution in [0.2, 0.25) is 10.0 Å². The fraction of sp³-hybridized carbons (Fsp3) is 0.462. The first kappa shape index (κ1) is 16.4. The lowest BCUT2D eigenvalue weighted by atomic mass is 10.0. The second-order valence-corrected chi connectivity index (χ2v) is 7.77. The Bertz CT molecular complexity index is 628. The van der Waals surface area contributed by atoms with Crippen molar-refractivity contribution in [2.75, 3.05) is 5.32 Å². The predicted molar refractivity (Wildman–Crippen MR) is 84.4 cm³/mol. The Hall–Kier alpha value is -0.980. The molecule has 1 aliphatic carbocycles. The second kappa shape index (κ2) is 6.85. The molecule has 0 saturated heterocycles. The molecule has 1 aliphatic rings. The number of nitrogens with one attached hydrogen (secondary N) is 2. The van der Waals surface area contributed by atoms with Crippen molar-refractivity contribution in [3.63, 3.8) is 0 Å². The largest absolute Gasteiger partial charge is 0.332 e. The van der Waals surface area contributed by atoms with Crippen LogP contribution in [-0.4, -0.2) is 19.7 Å². The van der Waals surface area contributed by atoms with Gasteiger partial charge in [-0.25, -0.2) is 17.9 Å². The molecule has 116 valence electrons. The SMILES string of the molecule is O=C(Nc1ccc(Cl)c(Cl)c1)NS(=O)(=O)C1CCCCC1. The first-order valence-corrected chi connectivity index (χ1v) is 8.96. The highest BCUT2D eigenvalue weighted by molar-refractivity contribution is 7.90. The van der Waals surface area contributed by atoms with Crippen molar-refractivity contribution in [1.29, 1.82) is 0 Å². The lowest BCUT2D eigenvalue weighted by Crippen LogP contribution is -2.41. The average Bonchev–Trinajstić information content (AvgIpc) is 2.43. The summed E-state index contributed by atoms with van der Waals surface area (Å²) in [5, 5.41) is 2.58. The summed E-state index contributed by atoms with van der Waals surface area (Å²) in [6.07, 6.45) is 3.98. The molecule has 0 aromatic heterocycles. The Morgan fingerprint density at radius 2 is 1.76 bits per heavy atom. The van der Waals surface area contributed by atoms with Gasteiger partial charge in [-0.15, -0.1) is 0 Å². The van der Waals surface area contributed by atoms with Crippen LogP contribution in [0.3, 0.4) is 0 Å². The Morgan fingerprint density at radius 1 is 1.10 bits per heavy atom. The summed E-state index contributed by atoms with van der Waals surface area (Å²) in [6.45, 7) is 0. The van der Waals surface area contributed by atoms with Gasteiger partial charge < -0.3 is 5.32 Å². The lowest BCUT2D eigenvalue weighted by Gasteiger charge is -2.21. The van der Waals surface area contributed by atoms with Gasteiger partial charge >= 0.3 is 6.03 Å². The standard InChI is InChI=1S/C13H16Cl2N2O3S/c14-11-7-6-9(8-12(11)15)16-13(18)17-21(19,20)10-4-2-1-3-5-10/h6-8,10H,1-5H2,(H2,16,17,18). The minimum absolute atomic E-state index is 0.282. The molecule has 0 heterocycles. The number of hydrogen-bond donors (Lipinski definition) is 2. The van der Waals surface area contributed by atoms with Crippen LogP contribution < -0.4 is 10.0 Å². The zero-order valence-corrected chi connectivity index (χ0v) is 13.6. The van der Waals surface area contributed by atoms with E-state index in [1.165, 1.54) is 12.1 Å². The number of benzene rings is 1. The summed E-state index contributed by atoms with van der Waals surface area (Å²) >= 11 is 11.6. The average molecular weight is 351 g/mol. The number of sulfonamides is 1. The van der Waals surface area contributed by atoms with Gasteiger partial charge in [0.05, 0.1) is 15.3 Å². The maximum absolute atomic E-state index is 12.1. The molecule has 0 spiro atoms. The summed E-state index contributed by atoms with van der Waals surface area (Å²) in [4.78, 5) is 11.8. The first-order chi connectivity index (χ1) is 9.88. The minimum Gasteiger partial charge on any atom is -0.307 e. The van der Waals surface area contributed by atoms with Gasteiger partial charge in [-0.05, 0) is 31.0 Å². The third-order valence-electron chi connectivity index (χ3n) is 3.40. The third-order valence-corrected chi connectivity index (χ3v) is 5.96. The smallest absolute Gasteiger partial charge is 0.307 e. The third kappa shape index (κ3) is 4.49. The molecule has 1 saturated carbocycles. The van der Waals surface area contributed by atoms with Crippen molar-refractivity contribution >= 4 is 44.9 Å². The van der Waals surface area contributed by atoms with Crippen molar-refractivity contribution < 1.29 is 13.2 Å². The van der Waals surface area contributed by atoms with Crippen LogP contribution in [0.15, 0.2) is 18.2 Å². The van der Waals surface area contributed by atoms with E-state index in [2.05, 4.69) is 10.0 Å². The molecule has 2 N–H and O–H groups in total. The van der Waals surface area contributed by atoms with E-state index < -0.39 is 21.3 Å².